The molecule has 4 N–H and O–H groups in total. The summed E-state index contributed by atoms with van der Waals surface area (Å²) in [6.45, 7) is 2.84. The number of hydrogen-bond acceptors (Lipinski definition) is 4. The number of benzene rings is 4. The summed E-state index contributed by atoms with van der Waals surface area (Å²) >= 11 is 0. The number of halogens is 2. The molecule has 10 heteroatoms. The number of nitrogens with zero attached hydrogens (tertiary/aromatic N) is 2. The van der Waals surface area contributed by atoms with Gasteiger partial charge in [0, 0.05) is 64.8 Å². The topological polar surface area (TPSA) is 112 Å². The number of nitrogens with one attached hydrogen (secondary N) is 2. The summed E-state index contributed by atoms with van der Waals surface area (Å²) in [7, 11) is 2.02. The van der Waals surface area contributed by atoms with Crippen LogP contribution in [0.1, 0.15) is 31.1 Å². The zero-order valence-electron chi connectivity index (χ0n) is 22.7. The van der Waals surface area contributed by atoms with E-state index in [-0.39, 0.29) is 22.6 Å². The minimum absolute atomic E-state index is 0.0883. The Labute approximate surface area is 239 Å². The van der Waals surface area contributed by atoms with Gasteiger partial charge in [-0.3, -0.25) is 14.4 Å². The minimum Gasteiger partial charge on any atom is -0.366 e. The maximum Gasteiger partial charge on any atom is 0.255 e. The Hall–Kier alpha value is -5.09. The lowest BCUT2D eigenvalue weighted by Crippen LogP contribution is -2.47. The van der Waals surface area contributed by atoms with Crippen LogP contribution in [-0.4, -0.2) is 65.7 Å². The first kappa shape index (κ1) is 27.1. The number of carbonyl (C=O) groups is 3. The number of aromatic amines is 1. The Bertz CT molecular complexity index is 1880. The molecule has 0 unspecified atom stereocenters. The highest BCUT2D eigenvalue weighted by Crippen LogP contribution is 2.38. The number of amides is 3. The van der Waals surface area contributed by atoms with E-state index < -0.39 is 23.4 Å². The van der Waals surface area contributed by atoms with E-state index in [1.54, 1.807) is 24.3 Å². The fourth-order valence-corrected chi connectivity index (χ4v) is 5.38. The molecule has 0 saturated carbocycles. The third kappa shape index (κ3) is 4.97. The number of primary amides is 1. The Morgan fingerprint density at radius 3 is 2.26 bits per heavy atom. The van der Waals surface area contributed by atoms with Crippen molar-refractivity contribution in [1.29, 1.82) is 0 Å². The van der Waals surface area contributed by atoms with Gasteiger partial charge in [0.15, 0.2) is 0 Å². The number of aromatic nitrogens is 1. The normalized spacial score (nSPS) is 13.9. The summed E-state index contributed by atoms with van der Waals surface area (Å²) in [5.41, 5.74) is 8.64. The Kier molecular flexibility index (Phi) is 6.91. The maximum atomic E-state index is 15.3. The van der Waals surface area contributed by atoms with E-state index in [2.05, 4.69) is 15.2 Å². The van der Waals surface area contributed by atoms with E-state index in [4.69, 9.17) is 5.73 Å². The van der Waals surface area contributed by atoms with Crippen LogP contribution in [-0.2, 0) is 0 Å². The predicted octanol–water partition coefficient (Wildman–Crippen LogP) is 5.01. The molecule has 1 saturated heterocycles. The van der Waals surface area contributed by atoms with E-state index >= 15 is 4.39 Å². The van der Waals surface area contributed by atoms with Gasteiger partial charge in [0.2, 0.25) is 0 Å². The molecule has 0 atom stereocenters. The maximum absolute atomic E-state index is 15.3. The van der Waals surface area contributed by atoms with Gasteiger partial charge in [0.1, 0.15) is 11.6 Å². The molecule has 42 heavy (non-hydrogen) atoms. The molecule has 1 aliphatic rings. The van der Waals surface area contributed by atoms with Crippen molar-refractivity contribution in [2.45, 2.75) is 0 Å². The minimum atomic E-state index is -0.660. The molecule has 1 aromatic heterocycles. The summed E-state index contributed by atoms with van der Waals surface area (Å²) in [5, 5.41) is 3.96. The Morgan fingerprint density at radius 2 is 1.55 bits per heavy atom. The highest BCUT2D eigenvalue weighted by molar-refractivity contribution is 6.20. The van der Waals surface area contributed by atoms with E-state index in [0.29, 0.717) is 51.7 Å². The standard InChI is InChI=1S/C32H27F2N5O3/c1-38-12-14-39(15-13-38)32(42)19-4-8-23-27(16-19)37-29-24(30(35)40)10-9-22(28(23)29)25-17-21(7-11-26(25)34)36-31(41)18-2-5-20(33)6-3-18/h2-11,16-17,37H,12-15H2,1H3,(H2,35,40)(H,36,41). The van der Waals surface area contributed by atoms with E-state index in [1.165, 1.54) is 48.5 Å². The summed E-state index contributed by atoms with van der Waals surface area (Å²) in [4.78, 5) is 45.5. The number of fused-ring (bicyclic) bond motifs is 3. The zero-order valence-corrected chi connectivity index (χ0v) is 22.7. The van der Waals surface area contributed by atoms with E-state index in [9.17, 15) is 18.8 Å². The van der Waals surface area contributed by atoms with Gasteiger partial charge in [-0.2, -0.15) is 0 Å². The van der Waals surface area contributed by atoms with Crippen LogP contribution in [0, 0.1) is 11.6 Å². The second-order valence-electron chi connectivity index (χ2n) is 10.4. The van der Waals surface area contributed by atoms with Crippen LogP contribution in [0.25, 0.3) is 32.9 Å². The van der Waals surface area contributed by atoms with Gasteiger partial charge >= 0.3 is 0 Å². The molecule has 1 fully saturated rings. The van der Waals surface area contributed by atoms with Crippen molar-refractivity contribution in [3.8, 4) is 11.1 Å². The monoisotopic (exact) mass is 567 g/mol. The number of piperazine rings is 1. The summed E-state index contributed by atoms with van der Waals surface area (Å²) in [6, 6.07) is 17.6. The van der Waals surface area contributed by atoms with Crippen molar-refractivity contribution in [3.63, 3.8) is 0 Å². The number of rotatable bonds is 5. The zero-order chi connectivity index (χ0) is 29.5. The average Bonchev–Trinajstić information content (AvgIpc) is 3.37. The van der Waals surface area contributed by atoms with Gasteiger partial charge in [-0.1, -0.05) is 12.1 Å². The summed E-state index contributed by atoms with van der Waals surface area (Å²) in [5.74, 6) is -2.23. The lowest BCUT2D eigenvalue weighted by Gasteiger charge is -2.32. The van der Waals surface area contributed by atoms with Crippen LogP contribution in [0.5, 0.6) is 0 Å². The number of nitrogens with two attached hydrogens (primary N) is 1. The molecule has 212 valence electrons. The predicted molar refractivity (Wildman–Crippen MR) is 157 cm³/mol. The summed E-state index contributed by atoms with van der Waals surface area (Å²) < 4.78 is 28.6. The molecule has 0 bridgehead atoms. The number of hydrogen-bond donors (Lipinski definition) is 3. The summed E-state index contributed by atoms with van der Waals surface area (Å²) in [6.07, 6.45) is 0. The van der Waals surface area contributed by atoms with Crippen molar-refractivity contribution >= 4 is 45.2 Å². The van der Waals surface area contributed by atoms with Crippen molar-refractivity contribution in [3.05, 3.63) is 101 Å². The lowest BCUT2D eigenvalue weighted by atomic mass is 9.95. The van der Waals surface area contributed by atoms with Gasteiger partial charge in [0.05, 0.1) is 11.1 Å². The molecule has 8 nitrogen and oxygen atoms in total. The third-order valence-corrected chi connectivity index (χ3v) is 7.68. The first-order valence-corrected chi connectivity index (χ1v) is 13.4. The Balaban J connectivity index is 1.43. The highest BCUT2D eigenvalue weighted by atomic mass is 19.1. The highest BCUT2D eigenvalue weighted by Gasteiger charge is 2.23. The smallest absolute Gasteiger partial charge is 0.255 e. The first-order chi connectivity index (χ1) is 20.2. The van der Waals surface area contributed by atoms with Crippen LogP contribution in [0.15, 0.2) is 72.8 Å². The quantitative estimate of drug-likeness (QED) is 0.277. The van der Waals surface area contributed by atoms with Crippen LogP contribution >= 0.6 is 0 Å². The molecular formula is C32H27F2N5O3. The number of H-pyrrole nitrogens is 1. The van der Waals surface area contributed by atoms with Gasteiger partial charge < -0.3 is 25.8 Å². The third-order valence-electron chi connectivity index (χ3n) is 7.68. The molecule has 4 aromatic carbocycles. The second kappa shape index (κ2) is 10.7. The molecule has 1 aliphatic heterocycles. The molecule has 0 aliphatic carbocycles. The van der Waals surface area contributed by atoms with Crippen molar-refractivity contribution in [1.82, 2.24) is 14.8 Å². The van der Waals surface area contributed by atoms with E-state index in [0.717, 1.165) is 13.1 Å². The molecule has 3 amide bonds. The number of anilines is 1. The van der Waals surface area contributed by atoms with Gasteiger partial charge in [0.25, 0.3) is 17.7 Å². The number of carbonyl (C=O) groups excluding carboxylic acids is 3. The molecule has 0 radical (unpaired) electrons. The number of likely N-dealkylation sites (N-methyl/N-ethyl adjacent to an activating group) is 1. The lowest BCUT2D eigenvalue weighted by molar-refractivity contribution is 0.0664. The molecular weight excluding hydrogens is 540 g/mol. The van der Waals surface area contributed by atoms with E-state index in [1.807, 2.05) is 11.9 Å². The fourth-order valence-electron chi connectivity index (χ4n) is 5.38. The van der Waals surface area contributed by atoms with Crippen molar-refractivity contribution in [2.24, 2.45) is 5.73 Å². The van der Waals surface area contributed by atoms with Crippen LogP contribution in [0.2, 0.25) is 0 Å². The largest absolute Gasteiger partial charge is 0.366 e. The van der Waals surface area contributed by atoms with Crippen LogP contribution < -0.4 is 11.1 Å². The SMILES string of the molecule is CN1CCN(C(=O)c2ccc3c(c2)[nH]c2c(C(N)=O)ccc(-c4cc(NC(=O)c5ccc(F)cc5)ccc4F)c23)CC1. The van der Waals surface area contributed by atoms with Crippen LogP contribution in [0.3, 0.4) is 0 Å². The van der Waals surface area contributed by atoms with Gasteiger partial charge in [-0.25, -0.2) is 8.78 Å². The van der Waals surface area contributed by atoms with Gasteiger partial charge in [-0.05, 0) is 73.3 Å². The fraction of sp³-hybridized carbons (Fsp3) is 0.156. The molecule has 2 heterocycles. The van der Waals surface area contributed by atoms with Crippen molar-refractivity contribution < 1.29 is 23.2 Å². The Morgan fingerprint density at radius 1 is 0.833 bits per heavy atom. The average molecular weight is 568 g/mol. The molecule has 0 spiro atoms. The van der Waals surface area contributed by atoms with Crippen molar-refractivity contribution in [2.75, 3.05) is 38.5 Å². The second-order valence-corrected chi connectivity index (χ2v) is 10.4. The molecule has 6 rings (SSSR count). The molecule has 5 aromatic rings. The first-order valence-electron chi connectivity index (χ1n) is 13.4. The van der Waals surface area contributed by atoms with Gasteiger partial charge in [-0.15, -0.1) is 0 Å². The van der Waals surface area contributed by atoms with Crippen LogP contribution in [0.4, 0.5) is 14.5 Å².